The molecule has 0 bridgehead atoms. The van der Waals surface area contributed by atoms with Gasteiger partial charge in [-0.25, -0.2) is 4.39 Å². The molecular weight excluding hydrogens is 275 g/mol. The van der Waals surface area contributed by atoms with E-state index in [1.165, 1.54) is 12.1 Å². The molecule has 3 rings (SSSR count). The fourth-order valence-electron chi connectivity index (χ4n) is 2.10. The van der Waals surface area contributed by atoms with Crippen molar-refractivity contribution in [2.75, 3.05) is 13.2 Å². The summed E-state index contributed by atoms with van der Waals surface area (Å²) < 4.78 is 18.7. The van der Waals surface area contributed by atoms with E-state index in [9.17, 15) is 14.3 Å². The molecule has 0 unspecified atom stereocenters. The first-order chi connectivity index (χ1) is 10.1. The van der Waals surface area contributed by atoms with Gasteiger partial charge in [0.1, 0.15) is 5.82 Å². The summed E-state index contributed by atoms with van der Waals surface area (Å²) in [6, 6.07) is 7.54. The fourth-order valence-corrected chi connectivity index (χ4v) is 2.10. The van der Waals surface area contributed by atoms with Crippen LogP contribution in [0.3, 0.4) is 0 Å². The van der Waals surface area contributed by atoms with Crippen LogP contribution in [0.2, 0.25) is 0 Å². The molecule has 0 saturated heterocycles. The molecule has 2 aromatic rings. The topological polar surface area (TPSA) is 75.4 Å². The van der Waals surface area contributed by atoms with Gasteiger partial charge < -0.3 is 14.9 Å². The Kier molecular flexibility index (Phi) is 3.47. The van der Waals surface area contributed by atoms with Crippen LogP contribution in [-0.2, 0) is 0 Å². The molecule has 0 aliphatic heterocycles. The quantitative estimate of drug-likeness (QED) is 0.883. The number of carbonyl (C=O) groups is 1. The first-order valence-corrected chi connectivity index (χ1v) is 6.74. The van der Waals surface area contributed by atoms with Crippen LogP contribution in [0, 0.1) is 11.2 Å². The molecule has 1 aromatic carbocycles. The summed E-state index contributed by atoms with van der Waals surface area (Å²) in [4.78, 5) is 12.0. The average molecular weight is 290 g/mol. The van der Waals surface area contributed by atoms with Gasteiger partial charge in [0.05, 0.1) is 12.2 Å². The van der Waals surface area contributed by atoms with Gasteiger partial charge in [0.2, 0.25) is 0 Å². The molecule has 1 aliphatic carbocycles. The van der Waals surface area contributed by atoms with Gasteiger partial charge >= 0.3 is 0 Å². The number of aromatic nitrogens is 1. The summed E-state index contributed by atoms with van der Waals surface area (Å²) in [5, 5.41) is 15.6. The zero-order valence-electron chi connectivity index (χ0n) is 11.3. The van der Waals surface area contributed by atoms with Crippen molar-refractivity contribution < 1.29 is 18.8 Å². The summed E-state index contributed by atoms with van der Waals surface area (Å²) in [5.41, 5.74) is 0.188. The number of aliphatic hydroxyl groups excluding tert-OH is 1. The second-order valence-electron chi connectivity index (χ2n) is 5.40. The summed E-state index contributed by atoms with van der Waals surface area (Å²) >= 11 is 0. The predicted molar refractivity (Wildman–Crippen MR) is 73.0 cm³/mol. The lowest BCUT2D eigenvalue weighted by atomic mass is 10.1. The van der Waals surface area contributed by atoms with Gasteiger partial charge in [-0.1, -0.05) is 17.3 Å². The van der Waals surface area contributed by atoms with E-state index in [0.29, 0.717) is 6.54 Å². The predicted octanol–water partition coefficient (Wildman–Crippen LogP) is 1.98. The van der Waals surface area contributed by atoms with Crippen molar-refractivity contribution >= 4 is 5.91 Å². The highest BCUT2D eigenvalue weighted by Gasteiger charge is 2.42. The Morgan fingerprint density at radius 2 is 2.19 bits per heavy atom. The molecule has 1 fully saturated rings. The average Bonchev–Trinajstić information content (AvgIpc) is 3.12. The second-order valence-corrected chi connectivity index (χ2v) is 5.40. The molecule has 0 spiro atoms. The maximum absolute atomic E-state index is 13.6. The SMILES string of the molecule is O=C(NCC1(CO)CC1)c1cc(-c2ccccc2F)on1. The van der Waals surface area contributed by atoms with Crippen LogP contribution in [0.25, 0.3) is 11.3 Å². The molecule has 0 radical (unpaired) electrons. The second kappa shape index (κ2) is 5.29. The zero-order valence-corrected chi connectivity index (χ0v) is 11.3. The summed E-state index contributed by atoms with van der Waals surface area (Å²) in [6.07, 6.45) is 1.81. The van der Waals surface area contributed by atoms with Crippen molar-refractivity contribution in [3.05, 3.63) is 41.8 Å². The molecule has 1 saturated carbocycles. The van der Waals surface area contributed by atoms with Gasteiger partial charge in [0.15, 0.2) is 11.5 Å². The maximum atomic E-state index is 13.6. The Labute approximate surface area is 120 Å². The van der Waals surface area contributed by atoms with Gasteiger partial charge in [-0.15, -0.1) is 0 Å². The number of hydrogen-bond acceptors (Lipinski definition) is 4. The van der Waals surface area contributed by atoms with Crippen LogP contribution in [0.1, 0.15) is 23.3 Å². The molecule has 21 heavy (non-hydrogen) atoms. The lowest BCUT2D eigenvalue weighted by molar-refractivity contribution is 0.0926. The molecule has 1 amide bonds. The van der Waals surface area contributed by atoms with Gasteiger partial charge in [0, 0.05) is 18.0 Å². The van der Waals surface area contributed by atoms with E-state index < -0.39 is 5.82 Å². The standard InChI is InChI=1S/C15H15FN2O3/c16-11-4-2-1-3-10(11)13-7-12(18-21-13)14(20)17-8-15(9-19)5-6-15/h1-4,7,19H,5-6,8-9H2,(H,17,20). The number of aliphatic hydroxyl groups is 1. The molecule has 1 aliphatic rings. The van der Waals surface area contributed by atoms with Gasteiger partial charge in [0.25, 0.3) is 5.91 Å². The van der Waals surface area contributed by atoms with Crippen molar-refractivity contribution in [2.24, 2.45) is 5.41 Å². The first-order valence-electron chi connectivity index (χ1n) is 6.74. The van der Waals surface area contributed by atoms with E-state index in [1.807, 2.05) is 0 Å². The van der Waals surface area contributed by atoms with Crippen LogP contribution in [0.15, 0.2) is 34.9 Å². The third-order valence-corrected chi connectivity index (χ3v) is 3.80. The summed E-state index contributed by atoms with van der Waals surface area (Å²) in [6.45, 7) is 0.469. The normalized spacial score (nSPS) is 15.7. The van der Waals surface area contributed by atoms with E-state index in [1.54, 1.807) is 18.2 Å². The lowest BCUT2D eigenvalue weighted by Crippen LogP contribution is -2.32. The minimum atomic E-state index is -0.433. The summed E-state index contributed by atoms with van der Waals surface area (Å²) in [7, 11) is 0. The number of nitrogens with one attached hydrogen (secondary N) is 1. The van der Waals surface area contributed by atoms with Crippen LogP contribution in [0.4, 0.5) is 4.39 Å². The van der Waals surface area contributed by atoms with Crippen molar-refractivity contribution in [2.45, 2.75) is 12.8 Å². The molecular formula is C15H15FN2O3. The van der Waals surface area contributed by atoms with Gasteiger partial charge in [-0.05, 0) is 25.0 Å². The third kappa shape index (κ3) is 2.80. The smallest absolute Gasteiger partial charge is 0.273 e. The number of nitrogens with zero attached hydrogens (tertiary/aromatic N) is 1. The highest BCUT2D eigenvalue weighted by Crippen LogP contribution is 2.44. The lowest BCUT2D eigenvalue weighted by Gasteiger charge is -2.11. The molecule has 5 nitrogen and oxygen atoms in total. The van der Waals surface area contributed by atoms with E-state index in [0.717, 1.165) is 12.8 Å². The van der Waals surface area contributed by atoms with Crippen LogP contribution >= 0.6 is 0 Å². The van der Waals surface area contributed by atoms with Crippen molar-refractivity contribution in [1.82, 2.24) is 10.5 Å². The number of rotatable bonds is 5. The Balaban J connectivity index is 1.70. The van der Waals surface area contributed by atoms with Gasteiger partial charge in [-0.3, -0.25) is 4.79 Å². The first kappa shape index (κ1) is 13.8. The van der Waals surface area contributed by atoms with E-state index in [2.05, 4.69) is 10.5 Å². The number of carbonyl (C=O) groups excluding carboxylic acids is 1. The molecule has 1 aromatic heterocycles. The van der Waals surface area contributed by atoms with Crippen molar-refractivity contribution in [3.63, 3.8) is 0 Å². The monoisotopic (exact) mass is 290 g/mol. The van der Waals surface area contributed by atoms with Crippen LogP contribution in [0.5, 0.6) is 0 Å². The minimum absolute atomic E-state index is 0.0621. The Hall–Kier alpha value is -2.21. The highest BCUT2D eigenvalue weighted by molar-refractivity contribution is 5.93. The van der Waals surface area contributed by atoms with Crippen molar-refractivity contribution in [1.29, 1.82) is 0 Å². The molecule has 6 heteroatoms. The van der Waals surface area contributed by atoms with Crippen molar-refractivity contribution in [3.8, 4) is 11.3 Å². The minimum Gasteiger partial charge on any atom is -0.396 e. The largest absolute Gasteiger partial charge is 0.396 e. The molecule has 2 N–H and O–H groups in total. The molecule has 0 atom stereocenters. The Bertz CT molecular complexity index is 664. The van der Waals surface area contributed by atoms with E-state index in [4.69, 9.17) is 4.52 Å². The van der Waals surface area contributed by atoms with E-state index in [-0.39, 0.29) is 34.9 Å². The third-order valence-electron chi connectivity index (χ3n) is 3.80. The fraction of sp³-hybridized carbons (Fsp3) is 0.333. The maximum Gasteiger partial charge on any atom is 0.273 e. The number of halogens is 1. The van der Waals surface area contributed by atoms with E-state index >= 15 is 0 Å². The number of amides is 1. The number of benzene rings is 1. The molecule has 1 heterocycles. The van der Waals surface area contributed by atoms with Crippen LogP contribution in [-0.4, -0.2) is 29.3 Å². The Morgan fingerprint density at radius 1 is 1.43 bits per heavy atom. The zero-order chi connectivity index (χ0) is 14.9. The summed E-state index contributed by atoms with van der Waals surface area (Å²) in [5.74, 6) is -0.611. The number of hydrogen-bond donors (Lipinski definition) is 2. The van der Waals surface area contributed by atoms with Gasteiger partial charge in [-0.2, -0.15) is 0 Å². The highest BCUT2D eigenvalue weighted by atomic mass is 19.1. The molecule has 110 valence electrons. The Morgan fingerprint density at radius 3 is 2.86 bits per heavy atom. The van der Waals surface area contributed by atoms with Crippen LogP contribution < -0.4 is 5.32 Å².